The van der Waals surface area contributed by atoms with Gasteiger partial charge in [0.1, 0.15) is 0 Å². The number of hydrogen-bond acceptors (Lipinski definition) is 6. The second kappa shape index (κ2) is 7.64. The van der Waals surface area contributed by atoms with E-state index < -0.39 is 24.3 Å². The Bertz CT molecular complexity index is 994. The molecule has 1 aliphatic carbocycles. The summed E-state index contributed by atoms with van der Waals surface area (Å²) in [6, 6.07) is 9.17. The number of rotatable bonds is 5. The van der Waals surface area contributed by atoms with E-state index in [9.17, 15) is 19.2 Å². The normalized spacial score (nSPS) is 12.4. The summed E-state index contributed by atoms with van der Waals surface area (Å²) in [5.41, 5.74) is 6.54. The topological polar surface area (TPSA) is 116 Å². The predicted molar refractivity (Wildman–Crippen MR) is 102 cm³/mol. The van der Waals surface area contributed by atoms with Gasteiger partial charge in [0.05, 0.1) is 16.8 Å². The number of amides is 1. The lowest BCUT2D eigenvalue weighted by atomic mass is 9.82. The number of nitrogens with two attached hydrogens (primary N) is 1. The van der Waals surface area contributed by atoms with Crippen molar-refractivity contribution in [2.45, 2.75) is 13.8 Å². The highest BCUT2D eigenvalue weighted by Crippen LogP contribution is 2.32. The molecule has 7 nitrogen and oxygen atoms in total. The Labute approximate surface area is 161 Å². The first-order chi connectivity index (χ1) is 13.3. The summed E-state index contributed by atoms with van der Waals surface area (Å²) >= 11 is 0. The number of carbonyl (C=O) groups is 4. The Morgan fingerprint density at radius 1 is 1.00 bits per heavy atom. The molecule has 0 saturated carbocycles. The maximum absolute atomic E-state index is 12.8. The number of ether oxygens (including phenoxy) is 1. The van der Waals surface area contributed by atoms with Crippen molar-refractivity contribution in [3.8, 4) is 0 Å². The Morgan fingerprint density at radius 2 is 1.64 bits per heavy atom. The highest BCUT2D eigenvalue weighted by molar-refractivity contribution is 6.30. The number of nitrogens with one attached hydrogen (secondary N) is 1. The first-order valence-corrected chi connectivity index (χ1v) is 8.86. The van der Waals surface area contributed by atoms with Gasteiger partial charge >= 0.3 is 5.97 Å². The molecule has 0 atom stereocenters. The molecule has 2 aromatic rings. The molecule has 144 valence electrons. The minimum atomic E-state index is -0.834. The van der Waals surface area contributed by atoms with Crippen molar-refractivity contribution in [2.75, 3.05) is 18.9 Å². The maximum atomic E-state index is 12.8. The van der Waals surface area contributed by atoms with Crippen molar-refractivity contribution >= 4 is 29.1 Å². The van der Waals surface area contributed by atoms with E-state index in [0.29, 0.717) is 12.1 Å². The Kier molecular flexibility index (Phi) is 5.26. The Hall–Kier alpha value is -3.48. The molecule has 1 amide bonds. The average Bonchev–Trinajstić information content (AvgIpc) is 2.68. The quantitative estimate of drug-likeness (QED) is 0.516. The molecule has 0 bridgehead atoms. The number of ketones is 2. The molecule has 3 rings (SSSR count). The fraction of sp³-hybridized carbons (Fsp3) is 0.238. The summed E-state index contributed by atoms with van der Waals surface area (Å²) in [6.45, 7) is 3.89. The summed E-state index contributed by atoms with van der Waals surface area (Å²) in [4.78, 5) is 49.5. The van der Waals surface area contributed by atoms with Crippen LogP contribution in [0.25, 0.3) is 0 Å². The van der Waals surface area contributed by atoms with Gasteiger partial charge < -0.3 is 15.8 Å². The SMILES string of the molecule is CC(C)CNC(=O)COC(=O)c1ccc2c(c1N)C(=O)c1ccccc1C2=O. The van der Waals surface area contributed by atoms with Crippen molar-refractivity contribution in [1.82, 2.24) is 5.32 Å². The van der Waals surface area contributed by atoms with Gasteiger partial charge in [-0.2, -0.15) is 0 Å². The number of anilines is 1. The molecule has 0 radical (unpaired) electrons. The number of nitrogen functional groups attached to an aromatic ring is 1. The van der Waals surface area contributed by atoms with Gasteiger partial charge in [-0.05, 0) is 18.1 Å². The highest BCUT2D eigenvalue weighted by atomic mass is 16.5. The van der Waals surface area contributed by atoms with E-state index in [0.717, 1.165) is 0 Å². The monoisotopic (exact) mass is 380 g/mol. The third-order valence-electron chi connectivity index (χ3n) is 4.40. The van der Waals surface area contributed by atoms with Gasteiger partial charge in [0.2, 0.25) is 0 Å². The second-order valence-electron chi connectivity index (χ2n) is 6.93. The van der Waals surface area contributed by atoms with E-state index in [-0.39, 0.29) is 39.6 Å². The number of esters is 1. The van der Waals surface area contributed by atoms with Gasteiger partial charge in [-0.25, -0.2) is 4.79 Å². The lowest BCUT2D eigenvalue weighted by molar-refractivity contribution is -0.124. The molecular formula is C21H20N2O5. The molecule has 0 spiro atoms. The van der Waals surface area contributed by atoms with Gasteiger partial charge in [0, 0.05) is 23.2 Å². The third-order valence-corrected chi connectivity index (χ3v) is 4.40. The molecule has 1 aliphatic rings. The first kappa shape index (κ1) is 19.3. The van der Waals surface area contributed by atoms with Crippen LogP contribution in [0.4, 0.5) is 5.69 Å². The van der Waals surface area contributed by atoms with Gasteiger partial charge in [0.15, 0.2) is 18.2 Å². The summed E-state index contributed by atoms with van der Waals surface area (Å²) in [5.74, 6) is -1.75. The van der Waals surface area contributed by atoms with Crippen molar-refractivity contribution in [3.63, 3.8) is 0 Å². The number of benzene rings is 2. The summed E-state index contributed by atoms with van der Waals surface area (Å²) < 4.78 is 5.00. The first-order valence-electron chi connectivity index (χ1n) is 8.86. The van der Waals surface area contributed by atoms with Crippen molar-refractivity contribution in [3.05, 3.63) is 64.2 Å². The van der Waals surface area contributed by atoms with Crippen LogP contribution < -0.4 is 11.1 Å². The van der Waals surface area contributed by atoms with Crippen LogP contribution in [0.1, 0.15) is 56.0 Å². The van der Waals surface area contributed by atoms with E-state index in [1.165, 1.54) is 12.1 Å². The zero-order valence-corrected chi connectivity index (χ0v) is 15.6. The van der Waals surface area contributed by atoms with E-state index in [2.05, 4.69) is 5.32 Å². The van der Waals surface area contributed by atoms with E-state index in [1.807, 2.05) is 13.8 Å². The van der Waals surface area contributed by atoms with Gasteiger partial charge in [-0.1, -0.05) is 38.1 Å². The smallest absolute Gasteiger partial charge is 0.340 e. The van der Waals surface area contributed by atoms with Crippen molar-refractivity contribution < 1.29 is 23.9 Å². The minimum Gasteiger partial charge on any atom is -0.452 e. The van der Waals surface area contributed by atoms with Crippen molar-refractivity contribution in [1.29, 1.82) is 0 Å². The molecule has 3 N–H and O–H groups in total. The lowest BCUT2D eigenvalue weighted by Crippen LogP contribution is -2.31. The summed E-state index contributed by atoms with van der Waals surface area (Å²) in [7, 11) is 0. The van der Waals surface area contributed by atoms with Crippen molar-refractivity contribution in [2.24, 2.45) is 5.92 Å². The van der Waals surface area contributed by atoms with Crippen LogP contribution in [0.5, 0.6) is 0 Å². The standard InChI is InChI=1S/C21H20N2O5/c1-11(2)9-23-16(24)10-28-21(27)15-8-7-14-17(18(15)22)20(26)13-6-4-3-5-12(13)19(14)25/h3-8,11H,9-10,22H2,1-2H3,(H,23,24). The highest BCUT2D eigenvalue weighted by Gasteiger charge is 2.33. The molecule has 0 fully saturated rings. The number of fused-ring (bicyclic) bond motifs is 2. The van der Waals surface area contributed by atoms with Crippen LogP contribution in [-0.2, 0) is 9.53 Å². The second-order valence-corrected chi connectivity index (χ2v) is 6.93. The van der Waals surface area contributed by atoms with E-state index in [1.54, 1.807) is 24.3 Å². The third kappa shape index (κ3) is 3.51. The van der Waals surface area contributed by atoms with Crippen LogP contribution in [0, 0.1) is 5.92 Å². The molecule has 0 saturated heterocycles. The van der Waals surface area contributed by atoms with Crippen LogP contribution in [-0.4, -0.2) is 36.6 Å². The van der Waals surface area contributed by atoms with E-state index >= 15 is 0 Å². The van der Waals surface area contributed by atoms with Crippen LogP contribution in [0.15, 0.2) is 36.4 Å². The molecule has 0 aromatic heterocycles. The Balaban J connectivity index is 1.84. The minimum absolute atomic E-state index is 0.0117. The zero-order chi connectivity index (χ0) is 20.4. The fourth-order valence-electron chi connectivity index (χ4n) is 2.97. The number of hydrogen-bond donors (Lipinski definition) is 2. The van der Waals surface area contributed by atoms with Crippen LogP contribution in [0.3, 0.4) is 0 Å². The molecule has 0 unspecified atom stereocenters. The maximum Gasteiger partial charge on any atom is 0.340 e. The largest absolute Gasteiger partial charge is 0.452 e. The van der Waals surface area contributed by atoms with E-state index in [4.69, 9.17) is 10.5 Å². The average molecular weight is 380 g/mol. The van der Waals surface area contributed by atoms with Crippen LogP contribution >= 0.6 is 0 Å². The molecular weight excluding hydrogens is 360 g/mol. The van der Waals surface area contributed by atoms with Crippen LogP contribution in [0.2, 0.25) is 0 Å². The van der Waals surface area contributed by atoms with Gasteiger partial charge in [0.25, 0.3) is 5.91 Å². The Morgan fingerprint density at radius 3 is 2.29 bits per heavy atom. The summed E-state index contributed by atoms with van der Waals surface area (Å²) in [5, 5.41) is 2.63. The molecule has 7 heteroatoms. The van der Waals surface area contributed by atoms with Gasteiger partial charge in [-0.15, -0.1) is 0 Å². The molecule has 0 heterocycles. The summed E-state index contributed by atoms with van der Waals surface area (Å²) in [6.07, 6.45) is 0. The fourth-order valence-corrected chi connectivity index (χ4v) is 2.97. The predicted octanol–water partition coefficient (Wildman–Crippen LogP) is 1.97. The zero-order valence-electron chi connectivity index (χ0n) is 15.6. The number of carbonyl (C=O) groups excluding carboxylic acids is 4. The molecule has 0 aliphatic heterocycles. The molecule has 2 aromatic carbocycles. The lowest BCUT2D eigenvalue weighted by Gasteiger charge is -2.20. The van der Waals surface area contributed by atoms with Gasteiger partial charge in [-0.3, -0.25) is 14.4 Å². The molecule has 28 heavy (non-hydrogen) atoms.